The lowest BCUT2D eigenvalue weighted by Gasteiger charge is -2.07. The highest BCUT2D eigenvalue weighted by molar-refractivity contribution is 5.89. The average molecular weight is 364 g/mol. The van der Waals surface area contributed by atoms with Gasteiger partial charge in [-0.25, -0.2) is 0 Å². The fraction of sp³-hybridized carbons (Fsp3) is 0.286. The topological polar surface area (TPSA) is 69.0 Å². The van der Waals surface area contributed by atoms with Crippen molar-refractivity contribution in [2.24, 2.45) is 0 Å². The zero-order chi connectivity index (χ0) is 18.9. The van der Waals surface area contributed by atoms with E-state index in [4.69, 9.17) is 4.74 Å². The molecule has 2 aromatic heterocycles. The first-order valence-corrected chi connectivity index (χ1v) is 9.11. The molecule has 0 radical (unpaired) electrons. The molecule has 6 heteroatoms. The van der Waals surface area contributed by atoms with Crippen LogP contribution in [0.5, 0.6) is 5.75 Å². The maximum Gasteiger partial charge on any atom is 0.225 e. The Morgan fingerprint density at radius 1 is 1.15 bits per heavy atom. The molecular weight excluding hydrogens is 340 g/mol. The number of nitrogens with zero attached hydrogens (tertiary/aromatic N) is 3. The molecule has 27 heavy (non-hydrogen) atoms. The molecule has 0 saturated carbocycles. The van der Waals surface area contributed by atoms with Crippen LogP contribution in [0.4, 0.5) is 5.82 Å². The first-order valence-electron chi connectivity index (χ1n) is 9.11. The Labute approximate surface area is 159 Å². The second-order valence-electron chi connectivity index (χ2n) is 6.42. The van der Waals surface area contributed by atoms with Crippen LogP contribution < -0.4 is 10.1 Å². The molecule has 2 heterocycles. The van der Waals surface area contributed by atoms with Gasteiger partial charge in [-0.1, -0.05) is 12.1 Å². The molecule has 0 bridgehead atoms. The standard InChI is InChI=1S/C21H24N4O2/c1-17-5-4-6-19(15-17)27-14-3-2-7-21(26)23-20-10-13-25(24-20)16-18-8-11-22-12-9-18/h4-6,8-13,15H,2-3,7,14,16H2,1H3,(H,23,24,26). The molecule has 0 unspecified atom stereocenters. The van der Waals surface area contributed by atoms with Gasteiger partial charge < -0.3 is 10.1 Å². The number of hydrogen-bond donors (Lipinski definition) is 1. The molecule has 0 saturated heterocycles. The largest absolute Gasteiger partial charge is 0.494 e. The Morgan fingerprint density at radius 2 is 2.00 bits per heavy atom. The molecule has 0 atom stereocenters. The summed E-state index contributed by atoms with van der Waals surface area (Å²) < 4.78 is 7.49. The summed E-state index contributed by atoms with van der Waals surface area (Å²) in [6.07, 6.45) is 7.42. The van der Waals surface area contributed by atoms with E-state index in [1.54, 1.807) is 23.1 Å². The third-order valence-electron chi connectivity index (χ3n) is 4.06. The van der Waals surface area contributed by atoms with Crippen molar-refractivity contribution in [2.75, 3.05) is 11.9 Å². The predicted octanol–water partition coefficient (Wildman–Crippen LogP) is 3.82. The third kappa shape index (κ3) is 6.26. The Hall–Kier alpha value is -3.15. The molecule has 0 fully saturated rings. The minimum absolute atomic E-state index is 0.0280. The number of nitrogens with one attached hydrogen (secondary N) is 1. The minimum Gasteiger partial charge on any atom is -0.494 e. The van der Waals surface area contributed by atoms with Gasteiger partial charge in [0.1, 0.15) is 5.75 Å². The number of amides is 1. The molecule has 0 spiro atoms. The lowest BCUT2D eigenvalue weighted by molar-refractivity contribution is -0.116. The van der Waals surface area contributed by atoms with Gasteiger partial charge in [0.25, 0.3) is 0 Å². The van der Waals surface area contributed by atoms with Crippen molar-refractivity contribution in [2.45, 2.75) is 32.7 Å². The van der Waals surface area contributed by atoms with Crippen LogP contribution in [-0.4, -0.2) is 27.3 Å². The Balaban J connectivity index is 1.34. The summed E-state index contributed by atoms with van der Waals surface area (Å²) >= 11 is 0. The number of ether oxygens (including phenoxy) is 1. The summed E-state index contributed by atoms with van der Waals surface area (Å²) in [5.74, 6) is 1.42. The molecule has 0 aliphatic carbocycles. The number of pyridine rings is 1. The van der Waals surface area contributed by atoms with Gasteiger partial charge in [0.05, 0.1) is 13.2 Å². The number of benzene rings is 1. The van der Waals surface area contributed by atoms with Crippen LogP contribution in [0, 0.1) is 6.92 Å². The first kappa shape index (κ1) is 18.6. The monoisotopic (exact) mass is 364 g/mol. The van der Waals surface area contributed by atoms with Gasteiger partial charge in [-0.3, -0.25) is 14.5 Å². The molecule has 3 rings (SSSR count). The maximum absolute atomic E-state index is 12.0. The molecular formula is C21H24N4O2. The van der Waals surface area contributed by atoms with Crippen molar-refractivity contribution in [3.63, 3.8) is 0 Å². The SMILES string of the molecule is Cc1cccc(OCCCCC(=O)Nc2ccn(Cc3ccncc3)n2)c1. The van der Waals surface area contributed by atoms with E-state index in [1.807, 2.05) is 49.5 Å². The highest BCUT2D eigenvalue weighted by Crippen LogP contribution is 2.13. The van der Waals surface area contributed by atoms with E-state index in [0.717, 1.165) is 24.2 Å². The molecule has 0 aliphatic rings. The van der Waals surface area contributed by atoms with E-state index in [2.05, 4.69) is 15.4 Å². The minimum atomic E-state index is -0.0280. The molecule has 1 N–H and O–H groups in total. The lowest BCUT2D eigenvalue weighted by Crippen LogP contribution is -2.12. The number of rotatable bonds is 9. The van der Waals surface area contributed by atoms with Crippen molar-refractivity contribution in [1.29, 1.82) is 0 Å². The molecule has 1 aromatic carbocycles. The van der Waals surface area contributed by atoms with E-state index < -0.39 is 0 Å². The summed E-state index contributed by atoms with van der Waals surface area (Å²) in [6.45, 7) is 3.29. The van der Waals surface area contributed by atoms with E-state index in [1.165, 1.54) is 5.56 Å². The predicted molar refractivity (Wildman–Crippen MR) is 105 cm³/mol. The molecule has 0 aliphatic heterocycles. The van der Waals surface area contributed by atoms with Crippen LogP contribution in [0.3, 0.4) is 0 Å². The van der Waals surface area contributed by atoms with Gasteiger partial charge in [-0.15, -0.1) is 0 Å². The van der Waals surface area contributed by atoms with Gasteiger partial charge in [-0.05, 0) is 55.2 Å². The number of anilines is 1. The molecule has 140 valence electrons. The van der Waals surface area contributed by atoms with Crippen LogP contribution in [0.15, 0.2) is 61.1 Å². The Morgan fingerprint density at radius 3 is 2.81 bits per heavy atom. The Bertz CT molecular complexity index is 861. The number of aryl methyl sites for hydroxylation is 1. The van der Waals surface area contributed by atoms with E-state index in [9.17, 15) is 4.79 Å². The highest BCUT2D eigenvalue weighted by Gasteiger charge is 2.06. The third-order valence-corrected chi connectivity index (χ3v) is 4.06. The van der Waals surface area contributed by atoms with E-state index >= 15 is 0 Å². The van der Waals surface area contributed by atoms with Crippen molar-refractivity contribution in [3.8, 4) is 5.75 Å². The fourth-order valence-electron chi connectivity index (χ4n) is 2.68. The van der Waals surface area contributed by atoms with Crippen LogP contribution >= 0.6 is 0 Å². The second kappa shape index (κ2) is 9.52. The van der Waals surface area contributed by atoms with Crippen molar-refractivity contribution in [1.82, 2.24) is 14.8 Å². The summed E-state index contributed by atoms with van der Waals surface area (Å²) in [5.41, 5.74) is 2.29. The van der Waals surface area contributed by atoms with Gasteiger partial charge >= 0.3 is 0 Å². The van der Waals surface area contributed by atoms with Gasteiger partial charge in [0.15, 0.2) is 5.82 Å². The molecule has 6 nitrogen and oxygen atoms in total. The summed E-state index contributed by atoms with van der Waals surface area (Å²) in [4.78, 5) is 16.0. The summed E-state index contributed by atoms with van der Waals surface area (Å²) in [5, 5.41) is 7.22. The number of carbonyl (C=O) groups is 1. The van der Waals surface area contributed by atoms with E-state index in [0.29, 0.717) is 25.4 Å². The zero-order valence-electron chi connectivity index (χ0n) is 15.5. The quantitative estimate of drug-likeness (QED) is 0.586. The smallest absolute Gasteiger partial charge is 0.225 e. The normalized spacial score (nSPS) is 10.6. The van der Waals surface area contributed by atoms with E-state index in [-0.39, 0.29) is 5.91 Å². The molecule has 1 amide bonds. The first-order chi connectivity index (χ1) is 13.2. The van der Waals surface area contributed by atoms with Crippen molar-refractivity contribution >= 4 is 11.7 Å². The van der Waals surface area contributed by atoms with Crippen molar-refractivity contribution in [3.05, 3.63) is 72.2 Å². The van der Waals surface area contributed by atoms with Gasteiger partial charge in [0, 0.05) is 31.1 Å². The number of unbranched alkanes of at least 4 members (excludes halogenated alkanes) is 1. The maximum atomic E-state index is 12.0. The average Bonchev–Trinajstić information content (AvgIpc) is 3.09. The fourth-order valence-corrected chi connectivity index (χ4v) is 2.68. The van der Waals surface area contributed by atoms with Gasteiger partial charge in [0.2, 0.25) is 5.91 Å². The van der Waals surface area contributed by atoms with Crippen LogP contribution in [0.25, 0.3) is 0 Å². The number of aromatic nitrogens is 3. The van der Waals surface area contributed by atoms with Crippen LogP contribution in [0.2, 0.25) is 0 Å². The highest BCUT2D eigenvalue weighted by atomic mass is 16.5. The lowest BCUT2D eigenvalue weighted by atomic mass is 10.2. The van der Waals surface area contributed by atoms with Gasteiger partial charge in [-0.2, -0.15) is 5.10 Å². The second-order valence-corrected chi connectivity index (χ2v) is 6.42. The van der Waals surface area contributed by atoms with Crippen molar-refractivity contribution < 1.29 is 9.53 Å². The summed E-state index contributed by atoms with van der Waals surface area (Å²) in [7, 11) is 0. The zero-order valence-corrected chi connectivity index (χ0v) is 15.5. The van der Waals surface area contributed by atoms with Crippen LogP contribution in [0.1, 0.15) is 30.4 Å². The molecule has 3 aromatic rings. The summed E-state index contributed by atoms with van der Waals surface area (Å²) in [6, 6.07) is 13.7. The van der Waals surface area contributed by atoms with Crippen LogP contribution in [-0.2, 0) is 11.3 Å². The number of hydrogen-bond acceptors (Lipinski definition) is 4. The Kier molecular flexibility index (Phi) is 6.57. The number of carbonyl (C=O) groups excluding carboxylic acids is 1.